The van der Waals surface area contributed by atoms with E-state index in [2.05, 4.69) is 17.2 Å². The van der Waals surface area contributed by atoms with E-state index in [1.54, 1.807) is 12.1 Å². The Kier molecular flexibility index (Phi) is 6.81. The van der Waals surface area contributed by atoms with E-state index in [1.807, 2.05) is 12.1 Å². The van der Waals surface area contributed by atoms with Crippen molar-refractivity contribution in [3.05, 3.63) is 42.5 Å². The zero-order chi connectivity index (χ0) is 16.5. The van der Waals surface area contributed by atoms with E-state index in [9.17, 15) is 9.59 Å². The Morgan fingerprint density at radius 3 is 2.74 bits per heavy atom. The van der Waals surface area contributed by atoms with Crippen LogP contribution in [0.4, 0.5) is 5.69 Å². The standard InChI is InChI=1S/C18H24N2O3/c1-2-17(21)20-16-7-5-14(6-8-16)12-18(22)19-10-3-4-15-9-11-23-13-15/h2,5-8,15H,1,3-4,9-13H2,(H,19,22)(H,20,21). The molecule has 2 amide bonds. The molecule has 1 saturated heterocycles. The summed E-state index contributed by atoms with van der Waals surface area (Å²) in [5, 5.41) is 5.62. The first-order valence-electron chi connectivity index (χ1n) is 8.04. The second-order valence-corrected chi connectivity index (χ2v) is 5.79. The normalized spacial score (nSPS) is 16.8. The van der Waals surface area contributed by atoms with E-state index in [1.165, 1.54) is 6.08 Å². The van der Waals surface area contributed by atoms with Crippen LogP contribution in [0.2, 0.25) is 0 Å². The fraction of sp³-hybridized carbons (Fsp3) is 0.444. The number of anilines is 1. The molecular weight excluding hydrogens is 292 g/mol. The summed E-state index contributed by atoms with van der Waals surface area (Å²) in [6, 6.07) is 7.25. The molecular formula is C18H24N2O3. The molecule has 0 radical (unpaired) electrons. The Labute approximate surface area is 137 Å². The monoisotopic (exact) mass is 316 g/mol. The molecule has 2 N–H and O–H groups in total. The van der Waals surface area contributed by atoms with E-state index in [0.29, 0.717) is 24.6 Å². The molecule has 1 unspecified atom stereocenters. The van der Waals surface area contributed by atoms with Crippen molar-refractivity contribution in [2.45, 2.75) is 25.7 Å². The van der Waals surface area contributed by atoms with Gasteiger partial charge < -0.3 is 15.4 Å². The third-order valence-corrected chi connectivity index (χ3v) is 3.91. The largest absolute Gasteiger partial charge is 0.381 e. The van der Waals surface area contributed by atoms with Crippen LogP contribution >= 0.6 is 0 Å². The molecule has 0 aliphatic carbocycles. The van der Waals surface area contributed by atoms with Crippen LogP contribution in [0, 0.1) is 5.92 Å². The SMILES string of the molecule is C=CC(=O)Nc1ccc(CC(=O)NCCCC2CCOC2)cc1. The van der Waals surface area contributed by atoms with Gasteiger partial charge in [-0.15, -0.1) is 0 Å². The van der Waals surface area contributed by atoms with Crippen molar-refractivity contribution >= 4 is 17.5 Å². The fourth-order valence-corrected chi connectivity index (χ4v) is 2.58. The molecule has 1 aromatic carbocycles. The molecule has 1 aromatic rings. The smallest absolute Gasteiger partial charge is 0.247 e. The van der Waals surface area contributed by atoms with Crippen molar-refractivity contribution < 1.29 is 14.3 Å². The van der Waals surface area contributed by atoms with E-state index < -0.39 is 0 Å². The minimum atomic E-state index is -0.247. The minimum Gasteiger partial charge on any atom is -0.381 e. The number of rotatable bonds is 8. The molecule has 1 aliphatic rings. The summed E-state index contributed by atoms with van der Waals surface area (Å²) in [7, 11) is 0. The number of amides is 2. The first-order chi connectivity index (χ1) is 11.2. The molecule has 0 spiro atoms. The summed E-state index contributed by atoms with van der Waals surface area (Å²) in [5.74, 6) is 0.434. The van der Waals surface area contributed by atoms with Crippen molar-refractivity contribution in [2.24, 2.45) is 5.92 Å². The lowest BCUT2D eigenvalue weighted by atomic mass is 10.0. The lowest BCUT2D eigenvalue weighted by Crippen LogP contribution is -2.26. The van der Waals surface area contributed by atoms with Crippen LogP contribution < -0.4 is 10.6 Å². The van der Waals surface area contributed by atoms with E-state index >= 15 is 0 Å². The molecule has 5 heteroatoms. The van der Waals surface area contributed by atoms with Crippen LogP contribution in [-0.4, -0.2) is 31.6 Å². The maximum atomic E-state index is 11.9. The molecule has 0 aromatic heterocycles. The molecule has 1 fully saturated rings. The highest BCUT2D eigenvalue weighted by Gasteiger charge is 2.14. The van der Waals surface area contributed by atoms with Crippen LogP contribution in [0.3, 0.4) is 0 Å². The van der Waals surface area contributed by atoms with Gasteiger partial charge in [0, 0.05) is 25.4 Å². The van der Waals surface area contributed by atoms with Crippen molar-refractivity contribution in [3.63, 3.8) is 0 Å². The number of carbonyl (C=O) groups excluding carboxylic acids is 2. The predicted molar refractivity (Wildman–Crippen MR) is 90.1 cm³/mol. The second kappa shape index (κ2) is 9.10. The predicted octanol–water partition coefficient (Wildman–Crippen LogP) is 2.29. The van der Waals surface area contributed by atoms with E-state index in [0.717, 1.165) is 38.0 Å². The van der Waals surface area contributed by atoms with Gasteiger partial charge in [0.1, 0.15) is 0 Å². The van der Waals surface area contributed by atoms with E-state index in [4.69, 9.17) is 4.74 Å². The van der Waals surface area contributed by atoms with Gasteiger partial charge in [-0.25, -0.2) is 0 Å². The van der Waals surface area contributed by atoms with Gasteiger partial charge in [-0.1, -0.05) is 18.7 Å². The van der Waals surface area contributed by atoms with Gasteiger partial charge >= 0.3 is 0 Å². The average Bonchev–Trinajstić information content (AvgIpc) is 3.07. The quantitative estimate of drug-likeness (QED) is 0.571. The number of carbonyl (C=O) groups is 2. The molecule has 124 valence electrons. The molecule has 1 heterocycles. The summed E-state index contributed by atoms with van der Waals surface area (Å²) >= 11 is 0. The minimum absolute atomic E-state index is 0.0237. The first kappa shape index (κ1) is 17.2. The van der Waals surface area contributed by atoms with Crippen molar-refractivity contribution in [1.29, 1.82) is 0 Å². The third-order valence-electron chi connectivity index (χ3n) is 3.91. The van der Waals surface area contributed by atoms with Gasteiger partial charge in [-0.3, -0.25) is 9.59 Å². The number of nitrogens with one attached hydrogen (secondary N) is 2. The molecule has 1 aliphatic heterocycles. The fourth-order valence-electron chi connectivity index (χ4n) is 2.58. The molecule has 2 rings (SSSR count). The van der Waals surface area contributed by atoms with Crippen LogP contribution in [-0.2, 0) is 20.7 Å². The van der Waals surface area contributed by atoms with Crippen LogP contribution in [0.1, 0.15) is 24.8 Å². The lowest BCUT2D eigenvalue weighted by molar-refractivity contribution is -0.120. The maximum Gasteiger partial charge on any atom is 0.247 e. The van der Waals surface area contributed by atoms with Gasteiger partial charge in [0.25, 0.3) is 0 Å². The molecule has 23 heavy (non-hydrogen) atoms. The number of hydrogen-bond donors (Lipinski definition) is 2. The number of ether oxygens (including phenoxy) is 1. The Balaban J connectivity index is 1.65. The summed E-state index contributed by atoms with van der Waals surface area (Å²) in [5.41, 5.74) is 1.61. The van der Waals surface area contributed by atoms with Crippen molar-refractivity contribution in [3.8, 4) is 0 Å². The molecule has 0 bridgehead atoms. The summed E-state index contributed by atoms with van der Waals surface area (Å²) in [6.07, 6.45) is 4.81. The zero-order valence-electron chi connectivity index (χ0n) is 13.3. The highest BCUT2D eigenvalue weighted by atomic mass is 16.5. The maximum absolute atomic E-state index is 11.9. The molecule has 5 nitrogen and oxygen atoms in total. The highest BCUT2D eigenvalue weighted by molar-refractivity contribution is 5.98. The van der Waals surface area contributed by atoms with Gasteiger partial charge in [0.2, 0.25) is 11.8 Å². The van der Waals surface area contributed by atoms with Crippen LogP contribution in [0.5, 0.6) is 0 Å². The summed E-state index contributed by atoms with van der Waals surface area (Å²) in [6.45, 7) is 5.85. The lowest BCUT2D eigenvalue weighted by Gasteiger charge is -2.09. The van der Waals surface area contributed by atoms with Gasteiger partial charge in [0.15, 0.2) is 0 Å². The Bertz CT molecular complexity index is 534. The average molecular weight is 316 g/mol. The van der Waals surface area contributed by atoms with Crippen LogP contribution in [0.25, 0.3) is 0 Å². The third kappa shape index (κ3) is 6.24. The molecule has 0 saturated carbocycles. The highest BCUT2D eigenvalue weighted by Crippen LogP contribution is 2.17. The zero-order valence-corrected chi connectivity index (χ0v) is 13.3. The first-order valence-corrected chi connectivity index (χ1v) is 8.04. The number of benzene rings is 1. The van der Waals surface area contributed by atoms with Crippen molar-refractivity contribution in [2.75, 3.05) is 25.1 Å². The Hall–Kier alpha value is -2.14. The van der Waals surface area contributed by atoms with E-state index in [-0.39, 0.29) is 11.8 Å². The Morgan fingerprint density at radius 1 is 1.30 bits per heavy atom. The van der Waals surface area contributed by atoms with Gasteiger partial charge in [-0.2, -0.15) is 0 Å². The summed E-state index contributed by atoms with van der Waals surface area (Å²) < 4.78 is 5.34. The topological polar surface area (TPSA) is 67.4 Å². The molecule has 1 atom stereocenters. The number of hydrogen-bond acceptors (Lipinski definition) is 3. The van der Waals surface area contributed by atoms with Gasteiger partial charge in [0.05, 0.1) is 6.42 Å². The Morgan fingerprint density at radius 2 is 2.09 bits per heavy atom. The van der Waals surface area contributed by atoms with Gasteiger partial charge in [-0.05, 0) is 49.0 Å². The van der Waals surface area contributed by atoms with Crippen molar-refractivity contribution in [1.82, 2.24) is 5.32 Å². The second-order valence-electron chi connectivity index (χ2n) is 5.79. The summed E-state index contributed by atoms with van der Waals surface area (Å²) in [4.78, 5) is 23.1. The van der Waals surface area contributed by atoms with Crippen LogP contribution in [0.15, 0.2) is 36.9 Å².